The van der Waals surface area contributed by atoms with Crippen LogP contribution in [-0.4, -0.2) is 49.4 Å². The number of hydrogen-bond donors (Lipinski definition) is 1. The molecule has 0 spiro atoms. The van der Waals surface area contributed by atoms with Gasteiger partial charge in [-0.15, -0.1) is 0 Å². The van der Waals surface area contributed by atoms with Crippen LogP contribution in [0.3, 0.4) is 0 Å². The van der Waals surface area contributed by atoms with Gasteiger partial charge >= 0.3 is 0 Å². The number of benzene rings is 2. The quantitative estimate of drug-likeness (QED) is 0.467. The lowest BCUT2D eigenvalue weighted by atomic mass is 10.2. The first-order chi connectivity index (χ1) is 16.0. The molecular formula is C25H26N6O2. The number of nitrogens with zero attached hydrogens (tertiary/aromatic N) is 5. The molecule has 8 heteroatoms. The number of amides is 2. The summed E-state index contributed by atoms with van der Waals surface area (Å²) in [5.74, 6) is -0.217. The highest BCUT2D eigenvalue weighted by molar-refractivity contribution is 6.09. The van der Waals surface area contributed by atoms with Gasteiger partial charge in [-0.3, -0.25) is 9.59 Å². The molecule has 0 aliphatic carbocycles. The zero-order chi connectivity index (χ0) is 23.4. The van der Waals surface area contributed by atoms with Crippen LogP contribution in [0.2, 0.25) is 0 Å². The monoisotopic (exact) mass is 442 g/mol. The predicted molar refractivity (Wildman–Crippen MR) is 127 cm³/mol. The van der Waals surface area contributed by atoms with E-state index in [4.69, 9.17) is 0 Å². The molecule has 2 aromatic carbocycles. The van der Waals surface area contributed by atoms with Crippen molar-refractivity contribution in [2.75, 3.05) is 18.4 Å². The largest absolute Gasteiger partial charge is 0.339 e. The lowest BCUT2D eigenvalue weighted by Crippen LogP contribution is -2.31. The first kappa shape index (κ1) is 22.0. The van der Waals surface area contributed by atoms with Crippen molar-refractivity contribution in [3.8, 4) is 11.4 Å². The Bertz CT molecular complexity index is 1260. The summed E-state index contributed by atoms with van der Waals surface area (Å²) < 4.78 is 3.29. The maximum atomic E-state index is 13.3. The van der Waals surface area contributed by atoms with Crippen molar-refractivity contribution in [1.29, 1.82) is 0 Å². The van der Waals surface area contributed by atoms with E-state index >= 15 is 0 Å². The van der Waals surface area contributed by atoms with Crippen molar-refractivity contribution < 1.29 is 9.59 Å². The summed E-state index contributed by atoms with van der Waals surface area (Å²) in [5, 5.41) is 11.7. The maximum Gasteiger partial charge on any atom is 0.260 e. The molecule has 8 nitrogen and oxygen atoms in total. The van der Waals surface area contributed by atoms with Gasteiger partial charge in [0.2, 0.25) is 0 Å². The van der Waals surface area contributed by atoms with Crippen LogP contribution in [0.15, 0.2) is 73.1 Å². The van der Waals surface area contributed by atoms with Gasteiger partial charge in [0.1, 0.15) is 11.4 Å². The Kier molecular flexibility index (Phi) is 6.35. The Morgan fingerprint density at radius 1 is 0.818 bits per heavy atom. The van der Waals surface area contributed by atoms with Crippen LogP contribution >= 0.6 is 0 Å². The number of carbonyl (C=O) groups excluding carboxylic acids is 2. The van der Waals surface area contributed by atoms with E-state index in [0.717, 1.165) is 11.4 Å². The fourth-order valence-electron chi connectivity index (χ4n) is 3.71. The molecule has 168 valence electrons. The molecule has 0 unspecified atom stereocenters. The minimum atomic E-state index is -0.360. The highest BCUT2D eigenvalue weighted by Crippen LogP contribution is 2.24. The molecule has 2 aromatic heterocycles. The lowest BCUT2D eigenvalue weighted by molar-refractivity contribution is 0.0774. The summed E-state index contributed by atoms with van der Waals surface area (Å²) >= 11 is 0. The summed E-state index contributed by atoms with van der Waals surface area (Å²) in [6.07, 6.45) is 3.04. The smallest absolute Gasteiger partial charge is 0.260 e. The Morgan fingerprint density at radius 3 is 1.91 bits per heavy atom. The van der Waals surface area contributed by atoms with Crippen LogP contribution in [0.5, 0.6) is 0 Å². The zero-order valence-electron chi connectivity index (χ0n) is 18.9. The van der Waals surface area contributed by atoms with Crippen LogP contribution in [0.25, 0.3) is 11.4 Å². The summed E-state index contributed by atoms with van der Waals surface area (Å²) in [7, 11) is 0. The van der Waals surface area contributed by atoms with E-state index < -0.39 is 0 Å². The molecule has 1 N–H and O–H groups in total. The summed E-state index contributed by atoms with van der Waals surface area (Å²) in [6.45, 7) is 6.79. The molecule has 0 bridgehead atoms. The van der Waals surface area contributed by atoms with Crippen molar-refractivity contribution in [3.63, 3.8) is 0 Å². The zero-order valence-corrected chi connectivity index (χ0v) is 18.9. The van der Waals surface area contributed by atoms with Gasteiger partial charge in [0.15, 0.2) is 0 Å². The second-order valence-corrected chi connectivity index (χ2v) is 7.48. The number of carbonyl (C=O) groups is 2. The van der Waals surface area contributed by atoms with Crippen molar-refractivity contribution in [3.05, 3.63) is 89.9 Å². The van der Waals surface area contributed by atoms with Gasteiger partial charge in [-0.05, 0) is 45.0 Å². The van der Waals surface area contributed by atoms with Crippen molar-refractivity contribution in [2.24, 2.45) is 0 Å². The number of hydrogen-bond acceptors (Lipinski definition) is 4. The van der Waals surface area contributed by atoms with E-state index in [9.17, 15) is 9.59 Å². The average molecular weight is 443 g/mol. The van der Waals surface area contributed by atoms with E-state index in [-0.39, 0.29) is 11.8 Å². The number of anilines is 1. The number of para-hydroxylation sites is 2. The van der Waals surface area contributed by atoms with Crippen molar-refractivity contribution >= 4 is 17.6 Å². The van der Waals surface area contributed by atoms with Crippen LogP contribution in [-0.2, 0) is 0 Å². The van der Waals surface area contributed by atoms with E-state index in [1.165, 1.54) is 12.4 Å². The standard InChI is InChI=1S/C25H26N6O2/c1-4-29(5-2)25(33)22-17-27-31(20-14-10-7-11-15-20)23(22)28-24(32)21-16-26-30(18(21)3)19-12-8-6-9-13-19/h6-17H,4-5H2,1-3H3,(H,28,32). The summed E-state index contributed by atoms with van der Waals surface area (Å²) in [4.78, 5) is 28.2. The fourth-order valence-corrected chi connectivity index (χ4v) is 3.71. The molecule has 0 saturated carbocycles. The third-order valence-electron chi connectivity index (χ3n) is 5.54. The van der Waals surface area contributed by atoms with E-state index in [1.54, 1.807) is 14.3 Å². The van der Waals surface area contributed by atoms with Crippen LogP contribution < -0.4 is 5.32 Å². The average Bonchev–Trinajstić information content (AvgIpc) is 3.44. The van der Waals surface area contributed by atoms with Gasteiger partial charge in [0.05, 0.1) is 35.0 Å². The Balaban J connectivity index is 1.72. The van der Waals surface area contributed by atoms with Gasteiger partial charge < -0.3 is 10.2 Å². The highest BCUT2D eigenvalue weighted by Gasteiger charge is 2.25. The third-order valence-corrected chi connectivity index (χ3v) is 5.54. The van der Waals surface area contributed by atoms with Gasteiger partial charge in [-0.1, -0.05) is 36.4 Å². The SMILES string of the molecule is CCN(CC)C(=O)c1cnn(-c2ccccc2)c1NC(=O)c1cnn(-c2ccccc2)c1C. The molecular weight excluding hydrogens is 416 g/mol. The Morgan fingerprint density at radius 2 is 1.33 bits per heavy atom. The summed E-state index contributed by atoms with van der Waals surface area (Å²) in [5.41, 5.74) is 3.05. The molecule has 0 radical (unpaired) electrons. The second-order valence-electron chi connectivity index (χ2n) is 7.48. The Hall–Kier alpha value is -4.20. The lowest BCUT2D eigenvalue weighted by Gasteiger charge is -2.19. The van der Waals surface area contributed by atoms with Crippen molar-refractivity contribution in [1.82, 2.24) is 24.5 Å². The topological polar surface area (TPSA) is 85.1 Å². The Labute approximate surface area is 192 Å². The number of aromatic nitrogens is 4. The normalized spacial score (nSPS) is 10.8. The van der Waals surface area contributed by atoms with Crippen LogP contribution in [0.4, 0.5) is 5.82 Å². The maximum absolute atomic E-state index is 13.3. The third kappa shape index (κ3) is 4.27. The van der Waals surface area contributed by atoms with Gasteiger partial charge in [0.25, 0.3) is 11.8 Å². The molecule has 0 aliphatic rings. The minimum absolute atomic E-state index is 0.186. The molecule has 33 heavy (non-hydrogen) atoms. The molecule has 2 heterocycles. The van der Waals surface area contributed by atoms with Crippen LogP contribution in [0.1, 0.15) is 40.3 Å². The van der Waals surface area contributed by atoms with Gasteiger partial charge in [-0.2, -0.15) is 10.2 Å². The molecule has 0 atom stereocenters. The fraction of sp³-hybridized carbons (Fsp3) is 0.200. The first-order valence-corrected chi connectivity index (χ1v) is 10.9. The number of nitrogens with one attached hydrogen (secondary N) is 1. The van der Waals surface area contributed by atoms with Crippen LogP contribution in [0, 0.1) is 6.92 Å². The molecule has 4 rings (SSSR count). The molecule has 0 aliphatic heterocycles. The predicted octanol–water partition coefficient (Wildman–Crippen LogP) is 4.10. The van der Waals surface area contributed by atoms with Crippen molar-refractivity contribution in [2.45, 2.75) is 20.8 Å². The van der Waals surface area contributed by atoms with Gasteiger partial charge in [-0.25, -0.2) is 9.36 Å². The molecule has 0 fully saturated rings. The van der Waals surface area contributed by atoms with E-state index in [2.05, 4.69) is 15.5 Å². The van der Waals surface area contributed by atoms with E-state index in [1.807, 2.05) is 81.4 Å². The summed E-state index contributed by atoms with van der Waals surface area (Å²) in [6, 6.07) is 19.0. The number of rotatable bonds is 7. The molecule has 2 amide bonds. The molecule has 4 aromatic rings. The highest BCUT2D eigenvalue weighted by atomic mass is 16.2. The van der Waals surface area contributed by atoms with Gasteiger partial charge in [0, 0.05) is 13.1 Å². The minimum Gasteiger partial charge on any atom is -0.339 e. The molecule has 0 saturated heterocycles. The second kappa shape index (κ2) is 9.52. The van der Waals surface area contributed by atoms with E-state index in [0.29, 0.717) is 35.7 Å². The first-order valence-electron chi connectivity index (χ1n) is 10.9.